The van der Waals surface area contributed by atoms with Crippen molar-refractivity contribution in [1.82, 2.24) is 9.55 Å². The Hall–Kier alpha value is -1.17. The fourth-order valence-corrected chi connectivity index (χ4v) is 3.09. The van der Waals surface area contributed by atoms with Crippen LogP contribution in [0.4, 0.5) is 4.39 Å². The number of aromatic nitrogens is 2. The summed E-state index contributed by atoms with van der Waals surface area (Å²) in [5.74, 6) is -0.337. The molecule has 1 aromatic heterocycles. The van der Waals surface area contributed by atoms with E-state index in [0.717, 1.165) is 16.8 Å². The highest BCUT2D eigenvalue weighted by molar-refractivity contribution is 9.10. The Labute approximate surface area is 133 Å². The number of nitrogens with one attached hydrogen (secondary N) is 1. The minimum Gasteiger partial charge on any atom is -0.330 e. The first kappa shape index (κ1) is 13.8. The van der Waals surface area contributed by atoms with E-state index in [1.165, 1.54) is 6.07 Å². The molecule has 0 saturated heterocycles. The van der Waals surface area contributed by atoms with Gasteiger partial charge in [-0.15, -0.1) is 0 Å². The SMILES string of the molecule is Cc1ccc(-n2c(=S)[nH]c3cc(F)c(Br)cc32)c(Cl)c1. The third-order valence-corrected chi connectivity index (χ3v) is 4.26. The minimum atomic E-state index is -0.337. The summed E-state index contributed by atoms with van der Waals surface area (Å²) in [4.78, 5) is 2.99. The summed E-state index contributed by atoms with van der Waals surface area (Å²) in [5.41, 5.74) is 3.24. The molecular weight excluding hydrogens is 363 g/mol. The first-order valence-electron chi connectivity index (χ1n) is 5.83. The average Bonchev–Trinajstić information content (AvgIpc) is 2.66. The van der Waals surface area contributed by atoms with Gasteiger partial charge < -0.3 is 4.98 Å². The topological polar surface area (TPSA) is 20.7 Å². The van der Waals surface area contributed by atoms with Crippen LogP contribution in [0, 0.1) is 17.5 Å². The van der Waals surface area contributed by atoms with E-state index >= 15 is 0 Å². The van der Waals surface area contributed by atoms with Crippen molar-refractivity contribution in [3.63, 3.8) is 0 Å². The highest BCUT2D eigenvalue weighted by Crippen LogP contribution is 2.29. The Morgan fingerprint density at radius 3 is 2.75 bits per heavy atom. The van der Waals surface area contributed by atoms with Crippen LogP contribution in [-0.4, -0.2) is 9.55 Å². The fraction of sp³-hybridized carbons (Fsp3) is 0.0714. The Bertz CT molecular complexity index is 885. The quantitative estimate of drug-likeness (QED) is 0.556. The Morgan fingerprint density at radius 1 is 1.30 bits per heavy atom. The van der Waals surface area contributed by atoms with Crippen LogP contribution in [0.2, 0.25) is 5.02 Å². The number of rotatable bonds is 1. The van der Waals surface area contributed by atoms with Gasteiger partial charge in [0.2, 0.25) is 0 Å². The molecule has 3 aromatic rings. The Morgan fingerprint density at radius 2 is 2.05 bits per heavy atom. The Kier molecular flexibility index (Phi) is 3.44. The molecule has 0 atom stereocenters. The van der Waals surface area contributed by atoms with E-state index in [0.29, 0.717) is 19.8 Å². The molecule has 3 rings (SSSR count). The summed E-state index contributed by atoms with van der Waals surface area (Å²) in [6, 6.07) is 8.83. The lowest BCUT2D eigenvalue weighted by atomic mass is 10.2. The van der Waals surface area contributed by atoms with E-state index in [-0.39, 0.29) is 5.82 Å². The molecule has 0 amide bonds. The van der Waals surface area contributed by atoms with Crippen LogP contribution in [0.15, 0.2) is 34.8 Å². The average molecular weight is 372 g/mol. The number of halogens is 3. The van der Waals surface area contributed by atoms with Gasteiger partial charge in [-0.05, 0) is 58.8 Å². The van der Waals surface area contributed by atoms with Crippen molar-refractivity contribution < 1.29 is 4.39 Å². The molecule has 2 nitrogen and oxygen atoms in total. The number of fused-ring (bicyclic) bond motifs is 1. The van der Waals surface area contributed by atoms with Crippen molar-refractivity contribution in [2.75, 3.05) is 0 Å². The zero-order chi connectivity index (χ0) is 14.4. The van der Waals surface area contributed by atoms with Gasteiger partial charge >= 0.3 is 0 Å². The van der Waals surface area contributed by atoms with Gasteiger partial charge in [-0.3, -0.25) is 4.57 Å². The van der Waals surface area contributed by atoms with Gasteiger partial charge in [0.25, 0.3) is 0 Å². The summed E-state index contributed by atoms with van der Waals surface area (Å²) >= 11 is 14.8. The molecule has 102 valence electrons. The lowest BCUT2D eigenvalue weighted by Gasteiger charge is -2.08. The second kappa shape index (κ2) is 4.98. The van der Waals surface area contributed by atoms with Gasteiger partial charge in [0, 0.05) is 6.07 Å². The van der Waals surface area contributed by atoms with Gasteiger partial charge in [-0.2, -0.15) is 0 Å². The maximum absolute atomic E-state index is 13.6. The molecule has 0 aliphatic heterocycles. The molecule has 0 spiro atoms. The van der Waals surface area contributed by atoms with Gasteiger partial charge in [0.1, 0.15) is 5.82 Å². The van der Waals surface area contributed by atoms with Crippen LogP contribution < -0.4 is 0 Å². The van der Waals surface area contributed by atoms with Crippen LogP contribution in [0.1, 0.15) is 5.56 Å². The number of hydrogen-bond donors (Lipinski definition) is 1. The molecule has 0 bridgehead atoms. The van der Waals surface area contributed by atoms with Gasteiger partial charge in [-0.25, -0.2) is 4.39 Å². The molecule has 0 fully saturated rings. The van der Waals surface area contributed by atoms with Gasteiger partial charge in [0.05, 0.1) is 26.2 Å². The molecule has 0 aliphatic carbocycles. The number of benzene rings is 2. The van der Waals surface area contributed by atoms with Crippen molar-refractivity contribution >= 4 is 50.8 Å². The molecule has 0 unspecified atom stereocenters. The van der Waals surface area contributed by atoms with E-state index in [2.05, 4.69) is 20.9 Å². The standard InChI is InChI=1S/C14H9BrClFN2S/c1-7-2-3-12(9(16)4-7)19-13-5-8(15)10(17)6-11(13)18-14(19)20/h2-6H,1H3,(H,18,20). The summed E-state index contributed by atoms with van der Waals surface area (Å²) in [5, 5.41) is 0.599. The Balaban J connectivity index is 2.39. The minimum absolute atomic E-state index is 0.337. The highest BCUT2D eigenvalue weighted by atomic mass is 79.9. The van der Waals surface area contributed by atoms with Crippen LogP contribution in [0.25, 0.3) is 16.7 Å². The number of aromatic amines is 1. The lowest BCUT2D eigenvalue weighted by Crippen LogP contribution is -1.95. The van der Waals surface area contributed by atoms with Crippen LogP contribution in [-0.2, 0) is 0 Å². The van der Waals surface area contributed by atoms with Crippen LogP contribution in [0.3, 0.4) is 0 Å². The number of H-pyrrole nitrogens is 1. The number of imidazole rings is 1. The van der Waals surface area contributed by atoms with Gasteiger partial charge in [0.15, 0.2) is 4.77 Å². The molecule has 1 heterocycles. The van der Waals surface area contributed by atoms with Crippen molar-refractivity contribution in [2.45, 2.75) is 6.92 Å². The molecular formula is C14H9BrClFN2S. The number of hydrogen-bond acceptors (Lipinski definition) is 1. The third-order valence-electron chi connectivity index (χ3n) is 3.07. The first-order chi connectivity index (χ1) is 9.47. The third kappa shape index (κ3) is 2.20. The zero-order valence-corrected chi connectivity index (χ0v) is 13.5. The molecule has 1 N–H and O–H groups in total. The summed E-state index contributed by atoms with van der Waals surface area (Å²) in [6.07, 6.45) is 0. The van der Waals surface area contributed by atoms with Crippen molar-refractivity contribution in [2.24, 2.45) is 0 Å². The molecule has 0 radical (unpaired) electrons. The zero-order valence-electron chi connectivity index (χ0n) is 10.4. The van der Waals surface area contributed by atoms with E-state index in [1.54, 1.807) is 10.6 Å². The van der Waals surface area contributed by atoms with Crippen molar-refractivity contribution in [3.05, 3.63) is 56.0 Å². The fourth-order valence-electron chi connectivity index (χ4n) is 2.13. The number of aryl methyl sites for hydroxylation is 1. The normalized spacial score (nSPS) is 11.2. The maximum atomic E-state index is 13.6. The smallest absolute Gasteiger partial charge is 0.182 e. The second-order valence-electron chi connectivity index (χ2n) is 4.50. The summed E-state index contributed by atoms with van der Waals surface area (Å²) in [7, 11) is 0. The first-order valence-corrected chi connectivity index (χ1v) is 7.41. The van der Waals surface area contributed by atoms with E-state index in [4.69, 9.17) is 23.8 Å². The number of nitrogens with zero attached hydrogens (tertiary/aromatic N) is 1. The van der Waals surface area contributed by atoms with E-state index < -0.39 is 0 Å². The molecule has 20 heavy (non-hydrogen) atoms. The lowest BCUT2D eigenvalue weighted by molar-refractivity contribution is 0.623. The van der Waals surface area contributed by atoms with Crippen molar-refractivity contribution in [3.8, 4) is 5.69 Å². The second-order valence-corrected chi connectivity index (χ2v) is 6.15. The predicted octanol–water partition coefficient (Wildman–Crippen LogP) is 5.55. The highest BCUT2D eigenvalue weighted by Gasteiger charge is 2.12. The monoisotopic (exact) mass is 370 g/mol. The van der Waals surface area contributed by atoms with Crippen LogP contribution >= 0.6 is 39.7 Å². The maximum Gasteiger partial charge on any atom is 0.182 e. The summed E-state index contributed by atoms with van der Waals surface area (Å²) < 4.78 is 16.3. The predicted molar refractivity (Wildman–Crippen MR) is 85.9 cm³/mol. The molecule has 2 aromatic carbocycles. The van der Waals surface area contributed by atoms with E-state index in [1.807, 2.05) is 25.1 Å². The molecule has 6 heteroatoms. The largest absolute Gasteiger partial charge is 0.330 e. The van der Waals surface area contributed by atoms with E-state index in [9.17, 15) is 4.39 Å². The van der Waals surface area contributed by atoms with Gasteiger partial charge in [-0.1, -0.05) is 17.7 Å². The van der Waals surface area contributed by atoms with Crippen molar-refractivity contribution in [1.29, 1.82) is 0 Å². The van der Waals surface area contributed by atoms with Crippen LogP contribution in [0.5, 0.6) is 0 Å². The summed E-state index contributed by atoms with van der Waals surface area (Å²) in [6.45, 7) is 1.97. The molecule has 0 saturated carbocycles. The molecule has 0 aliphatic rings.